The highest BCUT2D eigenvalue weighted by atomic mass is 32.2. The molecule has 1 aromatic heterocycles. The molecule has 1 aliphatic heterocycles. The van der Waals surface area contributed by atoms with E-state index in [1.165, 1.54) is 30.0 Å². The Kier molecular flexibility index (Phi) is 4.59. The number of anilines is 1. The molecule has 0 fully saturated rings. The smallest absolute Gasteiger partial charge is 0.310 e. The summed E-state index contributed by atoms with van der Waals surface area (Å²) in [5.74, 6) is -0.799. The van der Waals surface area contributed by atoms with E-state index in [-0.39, 0.29) is 23.4 Å². The second-order valence-corrected chi connectivity index (χ2v) is 6.71. The van der Waals surface area contributed by atoms with Crippen LogP contribution in [0.25, 0.3) is 0 Å². The second kappa shape index (κ2) is 6.55. The van der Waals surface area contributed by atoms with Gasteiger partial charge in [-0.3, -0.25) is 9.59 Å². The minimum atomic E-state index is -4.58. The van der Waals surface area contributed by atoms with Crippen LogP contribution in [0.1, 0.15) is 36.0 Å². The minimum Gasteiger partial charge on any atom is -0.310 e. The molecule has 2 heterocycles. The summed E-state index contributed by atoms with van der Waals surface area (Å²) in [7, 11) is 0. The molecule has 1 aliphatic rings. The normalized spacial score (nSPS) is 17.1. The largest absolute Gasteiger partial charge is 0.416 e. The predicted octanol–water partition coefficient (Wildman–Crippen LogP) is 3.37. The Bertz CT molecular complexity index is 880. The van der Waals surface area contributed by atoms with Gasteiger partial charge in [-0.1, -0.05) is 36.9 Å². The molecule has 25 heavy (non-hydrogen) atoms. The van der Waals surface area contributed by atoms with Crippen LogP contribution >= 0.6 is 11.8 Å². The molecule has 5 nitrogen and oxygen atoms in total. The number of halogens is 3. The van der Waals surface area contributed by atoms with Crippen LogP contribution in [0, 0.1) is 0 Å². The van der Waals surface area contributed by atoms with Crippen LogP contribution in [0.3, 0.4) is 0 Å². The molecule has 0 saturated heterocycles. The average Bonchev–Trinajstić information content (AvgIpc) is 2.53. The number of hydrogen-bond acceptors (Lipinski definition) is 4. The van der Waals surface area contributed by atoms with Crippen LogP contribution < -0.4 is 10.9 Å². The second-order valence-electron chi connectivity index (χ2n) is 5.46. The van der Waals surface area contributed by atoms with Crippen LogP contribution in [-0.4, -0.2) is 21.6 Å². The first-order chi connectivity index (χ1) is 11.8. The van der Waals surface area contributed by atoms with Gasteiger partial charge in [-0.05, 0) is 17.4 Å². The number of nitrogens with one attached hydrogen (secondary N) is 2. The van der Waals surface area contributed by atoms with E-state index in [9.17, 15) is 22.8 Å². The minimum absolute atomic E-state index is 0.0259. The molecule has 132 valence electrons. The number of aromatic amines is 1. The van der Waals surface area contributed by atoms with Crippen molar-refractivity contribution in [1.29, 1.82) is 0 Å². The highest BCUT2D eigenvalue weighted by Gasteiger charge is 2.39. The fraction of sp³-hybridized carbons (Fsp3) is 0.312. The Morgan fingerprint density at radius 2 is 2.00 bits per heavy atom. The van der Waals surface area contributed by atoms with Crippen molar-refractivity contribution in [3.8, 4) is 0 Å². The van der Waals surface area contributed by atoms with Crippen molar-refractivity contribution in [1.82, 2.24) is 9.97 Å². The molecule has 3 rings (SSSR count). The van der Waals surface area contributed by atoms with Crippen molar-refractivity contribution in [2.75, 3.05) is 11.1 Å². The zero-order valence-corrected chi connectivity index (χ0v) is 13.9. The van der Waals surface area contributed by atoms with E-state index in [0.717, 1.165) is 6.07 Å². The van der Waals surface area contributed by atoms with E-state index < -0.39 is 29.1 Å². The summed E-state index contributed by atoms with van der Waals surface area (Å²) >= 11 is 1.27. The van der Waals surface area contributed by atoms with E-state index in [4.69, 9.17) is 0 Å². The molecule has 9 heteroatoms. The topological polar surface area (TPSA) is 74.8 Å². The Labute approximate surface area is 145 Å². The van der Waals surface area contributed by atoms with Crippen LogP contribution in [0.15, 0.2) is 34.2 Å². The molecular weight excluding hydrogens is 355 g/mol. The first-order valence-corrected chi connectivity index (χ1v) is 8.52. The maximum absolute atomic E-state index is 13.3. The standard InChI is InChI=1S/C16H14F3N3O2S/c1-2-25-15-21-13-12(14(24)22-15)9(7-11(23)20-13)8-5-3-4-6-10(8)16(17,18)19/h3-6,9H,2,7H2,1H3,(H2,20,21,22,23,24)/t9-/m0/s1. The molecule has 0 aliphatic carbocycles. The number of alkyl halides is 3. The van der Waals surface area contributed by atoms with Gasteiger partial charge in [-0.25, -0.2) is 4.98 Å². The van der Waals surface area contributed by atoms with Crippen molar-refractivity contribution in [2.45, 2.75) is 30.6 Å². The number of aromatic nitrogens is 2. The fourth-order valence-corrected chi connectivity index (χ4v) is 3.47. The maximum Gasteiger partial charge on any atom is 0.416 e. The molecule has 2 aromatic rings. The van der Waals surface area contributed by atoms with E-state index in [0.29, 0.717) is 10.9 Å². The molecule has 1 amide bonds. The van der Waals surface area contributed by atoms with Gasteiger partial charge < -0.3 is 10.3 Å². The summed E-state index contributed by atoms with van der Waals surface area (Å²) in [6, 6.07) is 4.98. The third kappa shape index (κ3) is 3.41. The molecule has 1 atom stereocenters. The number of hydrogen-bond donors (Lipinski definition) is 2. The van der Waals surface area contributed by atoms with Crippen molar-refractivity contribution < 1.29 is 18.0 Å². The van der Waals surface area contributed by atoms with Gasteiger partial charge in [0, 0.05) is 12.3 Å². The van der Waals surface area contributed by atoms with Gasteiger partial charge in [-0.15, -0.1) is 0 Å². The van der Waals surface area contributed by atoms with Crippen LogP contribution in [0.5, 0.6) is 0 Å². The number of carbonyl (C=O) groups excluding carboxylic acids is 1. The average molecular weight is 369 g/mol. The van der Waals surface area contributed by atoms with Gasteiger partial charge in [0.2, 0.25) is 5.91 Å². The number of amides is 1. The predicted molar refractivity (Wildman–Crippen MR) is 87.8 cm³/mol. The molecule has 0 radical (unpaired) electrons. The van der Waals surface area contributed by atoms with E-state index >= 15 is 0 Å². The summed E-state index contributed by atoms with van der Waals surface area (Å²) in [4.78, 5) is 31.2. The molecule has 0 saturated carbocycles. The van der Waals surface area contributed by atoms with Crippen LogP contribution in [0.2, 0.25) is 0 Å². The summed E-state index contributed by atoms with van der Waals surface area (Å²) in [5, 5.41) is 2.81. The first kappa shape index (κ1) is 17.5. The van der Waals surface area contributed by atoms with E-state index in [1.54, 1.807) is 0 Å². The summed E-state index contributed by atoms with van der Waals surface area (Å²) in [6.45, 7) is 1.87. The van der Waals surface area contributed by atoms with E-state index in [1.807, 2.05) is 6.92 Å². The Morgan fingerprint density at radius 1 is 1.28 bits per heavy atom. The number of H-pyrrole nitrogens is 1. The van der Waals surface area contributed by atoms with Gasteiger partial charge in [0.15, 0.2) is 5.16 Å². The lowest BCUT2D eigenvalue weighted by atomic mass is 9.84. The number of benzene rings is 1. The maximum atomic E-state index is 13.3. The SMILES string of the molecule is CCSc1nc2c(c(=O)[nH]1)[C@H](c1ccccc1C(F)(F)F)CC(=O)N2. The van der Waals surface area contributed by atoms with Crippen molar-refractivity contribution in [2.24, 2.45) is 0 Å². The molecule has 0 spiro atoms. The Balaban J connectivity index is 2.19. The Hall–Kier alpha value is -2.29. The monoisotopic (exact) mass is 369 g/mol. The van der Waals surface area contributed by atoms with Gasteiger partial charge >= 0.3 is 6.18 Å². The third-order valence-electron chi connectivity index (χ3n) is 3.85. The number of thioether (sulfide) groups is 1. The molecule has 0 unspecified atom stereocenters. The van der Waals surface area contributed by atoms with Crippen LogP contribution in [-0.2, 0) is 11.0 Å². The van der Waals surface area contributed by atoms with Gasteiger partial charge in [-0.2, -0.15) is 13.2 Å². The third-order valence-corrected chi connectivity index (χ3v) is 4.61. The summed E-state index contributed by atoms with van der Waals surface area (Å²) < 4.78 is 40.0. The quantitative estimate of drug-likeness (QED) is 0.643. The Morgan fingerprint density at radius 3 is 2.68 bits per heavy atom. The lowest BCUT2D eigenvalue weighted by Gasteiger charge is -2.26. The van der Waals surface area contributed by atoms with Gasteiger partial charge in [0.1, 0.15) is 5.82 Å². The first-order valence-electron chi connectivity index (χ1n) is 7.54. The number of nitrogens with zero attached hydrogens (tertiary/aromatic N) is 1. The summed E-state index contributed by atoms with van der Waals surface area (Å²) in [6.07, 6.45) is -4.83. The number of rotatable bonds is 3. The fourth-order valence-electron chi connectivity index (χ4n) is 2.88. The zero-order valence-electron chi connectivity index (χ0n) is 13.1. The number of carbonyl (C=O) groups is 1. The van der Waals surface area contributed by atoms with Crippen molar-refractivity contribution in [3.63, 3.8) is 0 Å². The number of fused-ring (bicyclic) bond motifs is 1. The van der Waals surface area contributed by atoms with E-state index in [2.05, 4.69) is 15.3 Å². The lowest BCUT2D eigenvalue weighted by molar-refractivity contribution is -0.138. The lowest BCUT2D eigenvalue weighted by Crippen LogP contribution is -2.32. The zero-order chi connectivity index (χ0) is 18.2. The van der Waals surface area contributed by atoms with Gasteiger partial charge in [0.25, 0.3) is 5.56 Å². The van der Waals surface area contributed by atoms with Crippen molar-refractivity contribution in [3.05, 3.63) is 51.3 Å². The van der Waals surface area contributed by atoms with Crippen molar-refractivity contribution >= 4 is 23.5 Å². The highest BCUT2D eigenvalue weighted by Crippen LogP contribution is 2.41. The molecule has 0 bridgehead atoms. The van der Waals surface area contributed by atoms with Crippen LogP contribution in [0.4, 0.5) is 19.0 Å². The molecule has 2 N–H and O–H groups in total. The highest BCUT2D eigenvalue weighted by molar-refractivity contribution is 7.99. The summed E-state index contributed by atoms with van der Waals surface area (Å²) in [5.41, 5.74) is -1.44. The van der Waals surface area contributed by atoms with Gasteiger partial charge in [0.05, 0.1) is 11.1 Å². The molecule has 1 aromatic carbocycles. The molecular formula is C16H14F3N3O2S.